The fraction of sp³-hybridized carbons (Fsp3) is 0.267. The number of nitrogens with one attached hydrogen (secondary N) is 2. The number of amides is 1. The lowest BCUT2D eigenvalue weighted by molar-refractivity contribution is 0.0956. The highest BCUT2D eigenvalue weighted by molar-refractivity contribution is 5.93. The average molecular weight is 544 g/mol. The third-order valence-electron chi connectivity index (χ3n) is 6.63. The molecule has 2 aromatic carbocycles. The Bertz CT molecular complexity index is 1650. The van der Waals surface area contributed by atoms with Crippen molar-refractivity contribution in [2.24, 2.45) is 5.92 Å². The Morgan fingerprint density at radius 2 is 2.08 bits per heavy atom. The highest BCUT2D eigenvalue weighted by Crippen LogP contribution is 2.26. The number of benzene rings is 2. The number of fused-ring (bicyclic) bond motifs is 1. The summed E-state index contributed by atoms with van der Waals surface area (Å²) in [6.07, 6.45) is 6.41. The van der Waals surface area contributed by atoms with Crippen LogP contribution in [0.3, 0.4) is 0 Å². The first-order valence-electron chi connectivity index (χ1n) is 13.0. The van der Waals surface area contributed by atoms with Crippen LogP contribution in [0.15, 0.2) is 66.0 Å². The molecule has 1 aliphatic rings. The highest BCUT2D eigenvalue weighted by Gasteiger charge is 2.15. The predicted octanol–water partition coefficient (Wildman–Crippen LogP) is 3.28. The number of hydrogen-bond donors (Lipinski definition) is 2. The molecule has 5 rings (SSSR count). The van der Waals surface area contributed by atoms with Gasteiger partial charge < -0.3 is 15.4 Å². The van der Waals surface area contributed by atoms with Gasteiger partial charge in [0.2, 0.25) is 0 Å². The monoisotopic (exact) mass is 543 g/mol. The zero-order valence-corrected chi connectivity index (χ0v) is 21.6. The van der Waals surface area contributed by atoms with Crippen LogP contribution < -0.4 is 20.9 Å². The van der Waals surface area contributed by atoms with Crippen molar-refractivity contribution in [3.05, 3.63) is 99.9 Å². The van der Waals surface area contributed by atoms with Gasteiger partial charge >= 0.3 is 0 Å². The van der Waals surface area contributed by atoms with Gasteiger partial charge in [-0.1, -0.05) is 17.9 Å². The van der Waals surface area contributed by atoms with Crippen LogP contribution in [-0.2, 0) is 6.54 Å². The minimum Gasteiger partial charge on any atom is -0.492 e. The summed E-state index contributed by atoms with van der Waals surface area (Å²) in [5, 5.41) is 6.86. The Morgan fingerprint density at radius 1 is 1.18 bits per heavy atom. The molecule has 0 radical (unpaired) electrons. The molecule has 10 heteroatoms. The molecule has 1 saturated heterocycles. The van der Waals surface area contributed by atoms with Crippen LogP contribution in [0.5, 0.6) is 5.75 Å². The minimum absolute atomic E-state index is 0.000541. The largest absolute Gasteiger partial charge is 0.492 e. The van der Waals surface area contributed by atoms with Crippen LogP contribution in [0.25, 0.3) is 10.9 Å². The molecule has 1 fully saturated rings. The summed E-state index contributed by atoms with van der Waals surface area (Å²) in [5.41, 5.74) is 1.10. The second-order valence-electron chi connectivity index (χ2n) is 9.54. The third kappa shape index (κ3) is 6.50. The highest BCUT2D eigenvalue weighted by atomic mass is 19.2. The first kappa shape index (κ1) is 27.0. The summed E-state index contributed by atoms with van der Waals surface area (Å²) in [4.78, 5) is 33.7. The van der Waals surface area contributed by atoms with Crippen molar-refractivity contribution in [3.63, 3.8) is 0 Å². The quantitative estimate of drug-likeness (QED) is 0.348. The van der Waals surface area contributed by atoms with Gasteiger partial charge in [-0.3, -0.25) is 19.1 Å². The van der Waals surface area contributed by atoms with E-state index in [4.69, 9.17) is 4.74 Å². The number of pyridine rings is 1. The van der Waals surface area contributed by atoms with Crippen molar-refractivity contribution in [3.8, 4) is 17.6 Å². The Morgan fingerprint density at radius 3 is 2.90 bits per heavy atom. The second-order valence-corrected chi connectivity index (χ2v) is 9.54. The SMILES string of the molecule is O=C(NCC#Cc1ccc2nccc(OCC3CCCNC3)c2c1)c1cncn(Cc2ccc(F)c(F)c2)c1=O. The van der Waals surface area contributed by atoms with E-state index >= 15 is 0 Å². The van der Waals surface area contributed by atoms with Crippen molar-refractivity contribution in [2.75, 3.05) is 26.2 Å². The van der Waals surface area contributed by atoms with Gasteiger partial charge in [0, 0.05) is 35.8 Å². The standard InChI is InChI=1S/C30H27F2N5O3/c31-25-7-5-21(14-26(25)32)17-37-19-34-16-24(30(37)39)29(38)36-11-2-3-20-6-8-27-23(13-20)28(9-12-35-27)40-18-22-4-1-10-33-15-22/h5-9,12-14,16,19,22,33H,1,4,10-11,15,17-18H2,(H,36,38). The maximum absolute atomic E-state index is 13.5. The van der Waals surface area contributed by atoms with E-state index in [9.17, 15) is 18.4 Å². The van der Waals surface area contributed by atoms with E-state index in [1.807, 2.05) is 24.3 Å². The number of carbonyl (C=O) groups excluding carboxylic acids is 1. The second kappa shape index (κ2) is 12.5. The zero-order chi connectivity index (χ0) is 27.9. The van der Waals surface area contributed by atoms with Crippen molar-refractivity contribution >= 4 is 16.8 Å². The molecule has 2 N–H and O–H groups in total. The normalized spacial score (nSPS) is 14.8. The molecule has 1 unspecified atom stereocenters. The van der Waals surface area contributed by atoms with Gasteiger partial charge in [-0.15, -0.1) is 0 Å². The zero-order valence-electron chi connectivity index (χ0n) is 21.6. The van der Waals surface area contributed by atoms with E-state index in [2.05, 4.69) is 32.4 Å². The summed E-state index contributed by atoms with van der Waals surface area (Å²) in [5.74, 6) is 4.51. The number of carbonyl (C=O) groups is 1. The molecule has 0 spiro atoms. The molecule has 4 aromatic rings. The molecular weight excluding hydrogens is 516 g/mol. The predicted molar refractivity (Wildman–Crippen MR) is 146 cm³/mol. The summed E-state index contributed by atoms with van der Waals surface area (Å²) >= 11 is 0. The van der Waals surface area contributed by atoms with Gasteiger partial charge in [0.1, 0.15) is 11.3 Å². The van der Waals surface area contributed by atoms with Crippen molar-refractivity contribution in [1.82, 2.24) is 25.2 Å². The van der Waals surface area contributed by atoms with Gasteiger partial charge in [0.15, 0.2) is 11.6 Å². The molecule has 1 aliphatic heterocycles. The Labute approximate surface area is 229 Å². The molecule has 0 aliphatic carbocycles. The van der Waals surface area contributed by atoms with Gasteiger partial charge in [-0.25, -0.2) is 13.8 Å². The molecule has 40 heavy (non-hydrogen) atoms. The summed E-state index contributed by atoms with van der Waals surface area (Å²) in [6.45, 7) is 2.57. The molecule has 8 nitrogen and oxygen atoms in total. The van der Waals surface area contributed by atoms with Crippen LogP contribution in [0.4, 0.5) is 8.78 Å². The Hall–Kier alpha value is -4.62. The average Bonchev–Trinajstić information content (AvgIpc) is 2.97. The van der Waals surface area contributed by atoms with Gasteiger partial charge in [-0.2, -0.15) is 0 Å². The summed E-state index contributed by atoms with van der Waals surface area (Å²) in [7, 11) is 0. The molecule has 0 bridgehead atoms. The number of rotatable bonds is 7. The van der Waals surface area contributed by atoms with E-state index in [-0.39, 0.29) is 18.7 Å². The van der Waals surface area contributed by atoms with Crippen molar-refractivity contribution < 1.29 is 18.3 Å². The smallest absolute Gasteiger partial charge is 0.266 e. The van der Waals surface area contributed by atoms with Crippen molar-refractivity contribution in [1.29, 1.82) is 0 Å². The fourth-order valence-electron chi connectivity index (χ4n) is 4.52. The number of halogens is 2. The molecule has 1 amide bonds. The molecule has 0 saturated carbocycles. The van der Waals surface area contributed by atoms with E-state index in [0.29, 0.717) is 18.1 Å². The van der Waals surface area contributed by atoms with E-state index in [0.717, 1.165) is 71.0 Å². The van der Waals surface area contributed by atoms with E-state index < -0.39 is 23.1 Å². The Kier molecular flexibility index (Phi) is 8.42. The van der Waals surface area contributed by atoms with Crippen LogP contribution in [0.1, 0.15) is 34.3 Å². The molecule has 1 atom stereocenters. The van der Waals surface area contributed by atoms with Crippen molar-refractivity contribution in [2.45, 2.75) is 19.4 Å². The number of piperidine rings is 1. The lowest BCUT2D eigenvalue weighted by Crippen LogP contribution is -2.33. The molecular formula is C30H27F2N5O3. The van der Waals surface area contributed by atoms with Crippen LogP contribution >= 0.6 is 0 Å². The Balaban J connectivity index is 1.23. The maximum Gasteiger partial charge on any atom is 0.266 e. The molecule has 204 valence electrons. The first-order valence-corrected chi connectivity index (χ1v) is 13.0. The third-order valence-corrected chi connectivity index (χ3v) is 6.63. The molecule has 2 aromatic heterocycles. The number of nitrogens with zero attached hydrogens (tertiary/aromatic N) is 3. The topological polar surface area (TPSA) is 98.1 Å². The van der Waals surface area contributed by atoms with E-state index in [1.54, 1.807) is 6.20 Å². The van der Waals surface area contributed by atoms with Crippen LogP contribution in [0.2, 0.25) is 0 Å². The van der Waals surface area contributed by atoms with Gasteiger partial charge in [-0.05, 0) is 61.3 Å². The number of aromatic nitrogens is 3. The number of hydrogen-bond acceptors (Lipinski definition) is 6. The molecule has 3 heterocycles. The lowest BCUT2D eigenvalue weighted by Gasteiger charge is -2.23. The van der Waals surface area contributed by atoms with Gasteiger partial charge in [0.25, 0.3) is 11.5 Å². The summed E-state index contributed by atoms with van der Waals surface area (Å²) < 4.78 is 34.0. The summed E-state index contributed by atoms with van der Waals surface area (Å²) in [6, 6.07) is 10.8. The minimum atomic E-state index is -1.02. The van der Waals surface area contributed by atoms with Gasteiger partial charge in [0.05, 0.1) is 31.5 Å². The van der Waals surface area contributed by atoms with Crippen LogP contribution in [0, 0.1) is 29.4 Å². The van der Waals surface area contributed by atoms with Crippen LogP contribution in [-0.4, -0.2) is 46.7 Å². The first-order chi connectivity index (χ1) is 19.5. The fourth-order valence-corrected chi connectivity index (χ4v) is 4.52. The number of ether oxygens (including phenoxy) is 1. The lowest BCUT2D eigenvalue weighted by atomic mass is 10.0. The van der Waals surface area contributed by atoms with E-state index in [1.165, 1.54) is 12.4 Å². The maximum atomic E-state index is 13.5.